The molecule has 0 radical (unpaired) electrons. The molecule has 4 heteroatoms. The molecular formula is C17H20N2O2. The summed E-state index contributed by atoms with van der Waals surface area (Å²) >= 11 is 0. The summed E-state index contributed by atoms with van der Waals surface area (Å²) in [4.78, 5) is 4.22. The van der Waals surface area contributed by atoms with E-state index in [1.807, 2.05) is 43.5 Å². The maximum absolute atomic E-state index is 9.20. The van der Waals surface area contributed by atoms with Gasteiger partial charge >= 0.3 is 0 Å². The summed E-state index contributed by atoms with van der Waals surface area (Å²) in [6, 6.07) is 9.82. The van der Waals surface area contributed by atoms with Crippen LogP contribution in [0.25, 0.3) is 11.1 Å². The van der Waals surface area contributed by atoms with Gasteiger partial charge in [-0.1, -0.05) is 18.2 Å². The van der Waals surface area contributed by atoms with Crippen LogP contribution in [0.2, 0.25) is 0 Å². The third-order valence-electron chi connectivity index (χ3n) is 3.91. The molecule has 1 aliphatic carbocycles. The number of pyridine rings is 1. The van der Waals surface area contributed by atoms with E-state index in [1.54, 1.807) is 6.20 Å². The average Bonchev–Trinajstić information content (AvgIpc) is 3.27. The third kappa shape index (κ3) is 2.77. The van der Waals surface area contributed by atoms with Crippen molar-refractivity contribution in [3.05, 3.63) is 48.3 Å². The van der Waals surface area contributed by atoms with Gasteiger partial charge in [-0.05, 0) is 43.0 Å². The van der Waals surface area contributed by atoms with Gasteiger partial charge in [0.05, 0.1) is 6.61 Å². The van der Waals surface area contributed by atoms with Gasteiger partial charge in [-0.3, -0.25) is 4.98 Å². The molecule has 1 atom stereocenters. The summed E-state index contributed by atoms with van der Waals surface area (Å²) in [5.74, 6) is 0.760. The molecule has 2 aromatic rings. The van der Waals surface area contributed by atoms with Crippen LogP contribution >= 0.6 is 0 Å². The van der Waals surface area contributed by atoms with Crippen LogP contribution in [-0.4, -0.2) is 22.8 Å². The van der Waals surface area contributed by atoms with Crippen LogP contribution in [0.3, 0.4) is 0 Å². The number of nitrogens with two attached hydrogens (primary N) is 1. The van der Waals surface area contributed by atoms with Crippen molar-refractivity contribution in [2.75, 3.05) is 6.61 Å². The zero-order chi connectivity index (χ0) is 14.9. The standard InChI is InChI=1S/C17H20N2O2/c1-12(11-20)21-16-5-3-2-4-14(16)13-6-9-19-10-15(13)17(18)7-8-17/h2-6,9-10,12,20H,7-8,11,18H2,1H3. The molecule has 0 saturated heterocycles. The van der Waals surface area contributed by atoms with Crippen LogP contribution in [-0.2, 0) is 5.54 Å². The van der Waals surface area contributed by atoms with Crippen molar-refractivity contribution in [1.82, 2.24) is 4.98 Å². The topological polar surface area (TPSA) is 68.4 Å². The number of hydrogen-bond donors (Lipinski definition) is 2. The molecule has 4 nitrogen and oxygen atoms in total. The van der Waals surface area contributed by atoms with Crippen LogP contribution < -0.4 is 10.5 Å². The van der Waals surface area contributed by atoms with Crippen LogP contribution in [0, 0.1) is 0 Å². The third-order valence-corrected chi connectivity index (χ3v) is 3.91. The number of benzene rings is 1. The Morgan fingerprint density at radius 3 is 2.76 bits per heavy atom. The summed E-state index contributed by atoms with van der Waals surface area (Å²) in [7, 11) is 0. The predicted octanol–water partition coefficient (Wildman–Crippen LogP) is 2.46. The number of ether oxygens (including phenoxy) is 1. The highest BCUT2D eigenvalue weighted by atomic mass is 16.5. The van der Waals surface area contributed by atoms with E-state index < -0.39 is 0 Å². The first-order valence-electron chi connectivity index (χ1n) is 7.24. The molecule has 1 aromatic heterocycles. The highest BCUT2D eigenvalue weighted by molar-refractivity contribution is 5.74. The minimum absolute atomic E-state index is 0.0155. The van der Waals surface area contributed by atoms with Gasteiger partial charge in [-0.15, -0.1) is 0 Å². The first-order chi connectivity index (χ1) is 10.1. The van der Waals surface area contributed by atoms with E-state index in [4.69, 9.17) is 10.5 Å². The Balaban J connectivity index is 2.05. The Morgan fingerprint density at radius 1 is 1.29 bits per heavy atom. The van der Waals surface area contributed by atoms with Crippen LogP contribution in [0.15, 0.2) is 42.7 Å². The van der Waals surface area contributed by atoms with E-state index in [2.05, 4.69) is 4.98 Å². The van der Waals surface area contributed by atoms with E-state index >= 15 is 0 Å². The Labute approximate surface area is 124 Å². The molecule has 1 heterocycles. The van der Waals surface area contributed by atoms with Gasteiger partial charge in [0, 0.05) is 23.5 Å². The quantitative estimate of drug-likeness (QED) is 0.885. The van der Waals surface area contributed by atoms with Crippen LogP contribution in [0.5, 0.6) is 5.75 Å². The Morgan fingerprint density at radius 2 is 2.05 bits per heavy atom. The molecule has 1 aromatic carbocycles. The molecule has 0 amide bonds. The van der Waals surface area contributed by atoms with E-state index in [0.717, 1.165) is 35.3 Å². The zero-order valence-electron chi connectivity index (χ0n) is 12.1. The number of rotatable bonds is 5. The Bertz CT molecular complexity index is 638. The number of aliphatic hydroxyl groups excluding tert-OH is 1. The number of hydrogen-bond acceptors (Lipinski definition) is 4. The summed E-state index contributed by atoms with van der Waals surface area (Å²) < 4.78 is 5.83. The largest absolute Gasteiger partial charge is 0.488 e. The van der Waals surface area contributed by atoms with Gasteiger partial charge in [0.25, 0.3) is 0 Å². The van der Waals surface area contributed by atoms with Crippen LogP contribution in [0.1, 0.15) is 25.3 Å². The van der Waals surface area contributed by atoms with Gasteiger partial charge in [0.1, 0.15) is 11.9 Å². The second kappa shape index (κ2) is 5.47. The summed E-state index contributed by atoms with van der Waals surface area (Å²) in [5, 5.41) is 9.20. The van der Waals surface area contributed by atoms with E-state index in [0.29, 0.717) is 0 Å². The number of nitrogens with zero attached hydrogens (tertiary/aromatic N) is 1. The van der Waals surface area contributed by atoms with E-state index in [1.165, 1.54) is 0 Å². The lowest BCUT2D eigenvalue weighted by molar-refractivity contribution is 0.130. The Hall–Kier alpha value is -1.91. The van der Waals surface area contributed by atoms with Crippen molar-refractivity contribution in [1.29, 1.82) is 0 Å². The number of para-hydroxylation sites is 1. The normalized spacial score (nSPS) is 17.3. The fourth-order valence-corrected chi connectivity index (χ4v) is 2.48. The molecular weight excluding hydrogens is 264 g/mol. The molecule has 21 heavy (non-hydrogen) atoms. The molecule has 1 unspecified atom stereocenters. The molecule has 0 aliphatic heterocycles. The van der Waals surface area contributed by atoms with Gasteiger partial charge in [0.2, 0.25) is 0 Å². The average molecular weight is 284 g/mol. The van der Waals surface area contributed by atoms with E-state index in [9.17, 15) is 5.11 Å². The van der Waals surface area contributed by atoms with Crippen molar-refractivity contribution in [3.63, 3.8) is 0 Å². The predicted molar refractivity (Wildman–Crippen MR) is 81.9 cm³/mol. The van der Waals surface area contributed by atoms with Crippen LogP contribution in [0.4, 0.5) is 0 Å². The smallest absolute Gasteiger partial charge is 0.127 e. The molecule has 3 N–H and O–H groups in total. The van der Waals surface area contributed by atoms with Crippen molar-refractivity contribution >= 4 is 0 Å². The van der Waals surface area contributed by atoms with Crippen molar-refractivity contribution in [3.8, 4) is 16.9 Å². The fourth-order valence-electron chi connectivity index (χ4n) is 2.48. The van der Waals surface area contributed by atoms with Gasteiger partial charge in [0.15, 0.2) is 0 Å². The minimum Gasteiger partial charge on any atom is -0.488 e. The monoisotopic (exact) mass is 284 g/mol. The molecule has 0 bridgehead atoms. The molecule has 3 rings (SSSR count). The maximum atomic E-state index is 9.20. The summed E-state index contributed by atoms with van der Waals surface area (Å²) in [6.07, 6.45) is 5.36. The van der Waals surface area contributed by atoms with Crippen molar-refractivity contribution in [2.24, 2.45) is 5.73 Å². The zero-order valence-corrected chi connectivity index (χ0v) is 12.1. The first kappa shape index (κ1) is 14.0. The van der Waals surface area contributed by atoms with Crippen molar-refractivity contribution in [2.45, 2.75) is 31.4 Å². The second-order valence-electron chi connectivity index (χ2n) is 5.68. The fraction of sp³-hybridized carbons (Fsp3) is 0.353. The molecule has 110 valence electrons. The first-order valence-corrected chi connectivity index (χ1v) is 7.24. The van der Waals surface area contributed by atoms with Gasteiger partial charge in [-0.2, -0.15) is 0 Å². The van der Waals surface area contributed by atoms with E-state index in [-0.39, 0.29) is 18.2 Å². The molecule has 0 spiro atoms. The van der Waals surface area contributed by atoms with Gasteiger partial charge < -0.3 is 15.6 Å². The lowest BCUT2D eigenvalue weighted by Crippen LogP contribution is -2.20. The maximum Gasteiger partial charge on any atom is 0.127 e. The second-order valence-corrected chi connectivity index (χ2v) is 5.68. The molecule has 1 saturated carbocycles. The highest BCUT2D eigenvalue weighted by Crippen LogP contribution is 2.47. The van der Waals surface area contributed by atoms with Crippen molar-refractivity contribution < 1.29 is 9.84 Å². The lowest BCUT2D eigenvalue weighted by Gasteiger charge is -2.19. The SMILES string of the molecule is CC(CO)Oc1ccccc1-c1ccncc1C1(N)CC1. The lowest BCUT2D eigenvalue weighted by atomic mass is 9.95. The number of aromatic nitrogens is 1. The summed E-state index contributed by atoms with van der Waals surface area (Å²) in [5.41, 5.74) is 9.23. The van der Waals surface area contributed by atoms with Gasteiger partial charge in [-0.25, -0.2) is 0 Å². The summed E-state index contributed by atoms with van der Waals surface area (Å²) in [6.45, 7) is 1.83. The number of aliphatic hydroxyl groups is 1. The molecule has 1 aliphatic rings. The highest BCUT2D eigenvalue weighted by Gasteiger charge is 2.42. The minimum atomic E-state index is -0.251. The Kier molecular flexibility index (Phi) is 3.66. The molecule has 1 fully saturated rings.